The molecular weight excluding hydrogens is 396 g/mol. The third-order valence-electron chi connectivity index (χ3n) is 4.63. The van der Waals surface area contributed by atoms with Crippen LogP contribution in [-0.2, 0) is 16.2 Å². The summed E-state index contributed by atoms with van der Waals surface area (Å²) in [6.07, 6.45) is -0.428. The molecule has 0 heterocycles. The van der Waals surface area contributed by atoms with E-state index in [1.807, 2.05) is 0 Å². The fraction of sp³-hybridized carbons (Fsp3) is 0.409. The van der Waals surface area contributed by atoms with Crippen LogP contribution in [0.4, 0.5) is 8.78 Å². The van der Waals surface area contributed by atoms with Crippen LogP contribution in [0.1, 0.15) is 55.5 Å². The van der Waals surface area contributed by atoms with Crippen LogP contribution in [0.15, 0.2) is 24.3 Å². The molecule has 2 unspecified atom stereocenters. The SMILES string of the molecule is Cc1cc(-c2c(C)cc(F)cc2C)cc(C(CC(=O)O)N[S+]([O-])C(C)(C)C)c1F. The van der Waals surface area contributed by atoms with Crippen molar-refractivity contribution in [3.05, 3.63) is 58.2 Å². The molecule has 0 aliphatic heterocycles. The first-order valence-electron chi connectivity index (χ1n) is 9.28. The van der Waals surface area contributed by atoms with Gasteiger partial charge in [-0.25, -0.2) is 8.78 Å². The Kier molecular flexibility index (Phi) is 7.09. The highest BCUT2D eigenvalue weighted by Gasteiger charge is 2.32. The second kappa shape index (κ2) is 8.81. The average molecular weight is 424 g/mol. The van der Waals surface area contributed by atoms with Crippen LogP contribution < -0.4 is 4.72 Å². The van der Waals surface area contributed by atoms with E-state index in [-0.39, 0.29) is 11.4 Å². The van der Waals surface area contributed by atoms with Gasteiger partial charge < -0.3 is 9.66 Å². The van der Waals surface area contributed by atoms with Crippen LogP contribution in [0.5, 0.6) is 0 Å². The zero-order valence-corrected chi connectivity index (χ0v) is 18.3. The molecule has 2 aromatic carbocycles. The molecule has 2 atom stereocenters. The molecule has 4 nitrogen and oxygen atoms in total. The summed E-state index contributed by atoms with van der Waals surface area (Å²) in [7, 11) is 0. The van der Waals surface area contributed by atoms with Crippen molar-refractivity contribution in [2.45, 2.75) is 58.8 Å². The van der Waals surface area contributed by atoms with Crippen molar-refractivity contribution in [3.63, 3.8) is 0 Å². The Labute approximate surface area is 173 Å². The lowest BCUT2D eigenvalue weighted by molar-refractivity contribution is -0.137. The Bertz CT molecular complexity index is 902. The molecule has 158 valence electrons. The maximum atomic E-state index is 15.0. The van der Waals surface area contributed by atoms with E-state index in [4.69, 9.17) is 0 Å². The Hall–Kier alpha value is -1.96. The Morgan fingerprint density at radius 1 is 1.10 bits per heavy atom. The van der Waals surface area contributed by atoms with E-state index < -0.39 is 40.4 Å². The predicted molar refractivity (Wildman–Crippen MR) is 112 cm³/mol. The molecule has 0 saturated carbocycles. The van der Waals surface area contributed by atoms with Crippen molar-refractivity contribution >= 4 is 17.3 Å². The molecule has 0 saturated heterocycles. The molecule has 0 fully saturated rings. The summed E-state index contributed by atoms with van der Waals surface area (Å²) in [6, 6.07) is 5.05. The molecule has 0 aromatic heterocycles. The highest BCUT2D eigenvalue weighted by atomic mass is 32.2. The lowest BCUT2D eigenvalue weighted by Gasteiger charge is -2.28. The number of rotatable bonds is 6. The molecule has 2 N–H and O–H groups in total. The van der Waals surface area contributed by atoms with E-state index in [0.717, 1.165) is 5.56 Å². The zero-order valence-electron chi connectivity index (χ0n) is 17.5. The molecule has 0 aliphatic rings. The smallest absolute Gasteiger partial charge is 0.305 e. The summed E-state index contributed by atoms with van der Waals surface area (Å²) in [6.45, 7) is 10.4. The van der Waals surface area contributed by atoms with Gasteiger partial charge in [-0.05, 0) is 93.6 Å². The van der Waals surface area contributed by atoms with Crippen LogP contribution >= 0.6 is 0 Å². The van der Waals surface area contributed by atoms with E-state index in [1.54, 1.807) is 53.7 Å². The van der Waals surface area contributed by atoms with E-state index in [0.29, 0.717) is 22.3 Å². The van der Waals surface area contributed by atoms with Gasteiger partial charge in [0.2, 0.25) is 0 Å². The number of carboxylic acid groups (broad SMARTS) is 1. The van der Waals surface area contributed by atoms with Crippen LogP contribution in [0, 0.1) is 32.4 Å². The maximum Gasteiger partial charge on any atom is 0.305 e. The minimum absolute atomic E-state index is 0.128. The lowest BCUT2D eigenvalue weighted by atomic mass is 9.90. The Balaban J connectivity index is 2.62. The number of aryl methyl sites for hydroxylation is 3. The van der Waals surface area contributed by atoms with Gasteiger partial charge in [0, 0.05) is 16.9 Å². The van der Waals surface area contributed by atoms with Gasteiger partial charge in [-0.1, -0.05) is 0 Å². The van der Waals surface area contributed by atoms with Gasteiger partial charge in [-0.2, -0.15) is 0 Å². The van der Waals surface area contributed by atoms with Gasteiger partial charge in [0.15, 0.2) is 0 Å². The van der Waals surface area contributed by atoms with E-state index in [1.165, 1.54) is 12.1 Å². The molecule has 0 amide bonds. The average Bonchev–Trinajstić information content (AvgIpc) is 2.54. The molecule has 2 rings (SSSR count). The first-order chi connectivity index (χ1) is 13.3. The Morgan fingerprint density at radius 3 is 2.14 bits per heavy atom. The van der Waals surface area contributed by atoms with Gasteiger partial charge in [-0.15, -0.1) is 4.72 Å². The summed E-state index contributed by atoms with van der Waals surface area (Å²) in [5.41, 5.74) is 3.28. The van der Waals surface area contributed by atoms with Gasteiger partial charge >= 0.3 is 5.97 Å². The molecule has 0 spiro atoms. The van der Waals surface area contributed by atoms with Crippen molar-refractivity contribution in [2.75, 3.05) is 0 Å². The minimum atomic E-state index is -1.59. The molecule has 29 heavy (non-hydrogen) atoms. The standard InChI is InChI=1S/C22H27F2NO3S/c1-12-8-16(23)9-13(2)20(12)15-7-14(3)21(24)17(10-15)18(11-19(26)27)25-29(28)22(4,5)6/h7-10,18,25H,11H2,1-6H3,(H,26,27). The Morgan fingerprint density at radius 2 is 1.66 bits per heavy atom. The maximum absolute atomic E-state index is 15.0. The van der Waals surface area contributed by atoms with Crippen molar-refractivity contribution in [1.82, 2.24) is 4.72 Å². The molecule has 0 bridgehead atoms. The van der Waals surface area contributed by atoms with Crippen molar-refractivity contribution in [1.29, 1.82) is 0 Å². The van der Waals surface area contributed by atoms with E-state index in [9.17, 15) is 18.8 Å². The van der Waals surface area contributed by atoms with Crippen LogP contribution in [0.2, 0.25) is 0 Å². The number of hydrogen-bond donors (Lipinski definition) is 2. The highest BCUT2D eigenvalue weighted by molar-refractivity contribution is 7.90. The summed E-state index contributed by atoms with van der Waals surface area (Å²) in [5, 5.41) is 9.32. The van der Waals surface area contributed by atoms with Crippen molar-refractivity contribution < 1.29 is 23.2 Å². The number of aliphatic carboxylic acids is 1. The summed E-state index contributed by atoms with van der Waals surface area (Å²) >= 11 is -1.59. The van der Waals surface area contributed by atoms with E-state index >= 15 is 4.39 Å². The summed E-state index contributed by atoms with van der Waals surface area (Å²) in [5.74, 6) is -2.03. The van der Waals surface area contributed by atoms with Gasteiger partial charge in [0.1, 0.15) is 16.4 Å². The normalized spacial score (nSPS) is 14.0. The van der Waals surface area contributed by atoms with Gasteiger partial charge in [-0.3, -0.25) is 4.79 Å². The molecule has 0 aliphatic carbocycles. The third-order valence-corrected chi connectivity index (χ3v) is 6.24. The van der Waals surface area contributed by atoms with Crippen molar-refractivity contribution in [2.24, 2.45) is 0 Å². The fourth-order valence-corrected chi connectivity index (χ4v) is 4.08. The van der Waals surface area contributed by atoms with Gasteiger partial charge in [0.25, 0.3) is 0 Å². The number of carbonyl (C=O) groups is 1. The first kappa shape index (κ1) is 23.3. The summed E-state index contributed by atoms with van der Waals surface area (Å²) in [4.78, 5) is 11.4. The first-order valence-corrected chi connectivity index (χ1v) is 10.4. The monoisotopic (exact) mass is 423 g/mol. The van der Waals surface area contributed by atoms with Crippen molar-refractivity contribution in [3.8, 4) is 11.1 Å². The van der Waals surface area contributed by atoms with Gasteiger partial charge in [0.05, 0.1) is 12.5 Å². The number of halogens is 2. The third kappa shape index (κ3) is 5.56. The van der Waals surface area contributed by atoms with Crippen LogP contribution in [0.3, 0.4) is 0 Å². The number of hydrogen-bond acceptors (Lipinski definition) is 3. The number of benzene rings is 2. The fourth-order valence-electron chi connectivity index (χ4n) is 3.26. The van der Waals surface area contributed by atoms with E-state index in [2.05, 4.69) is 4.72 Å². The van der Waals surface area contributed by atoms with Crippen LogP contribution in [0.25, 0.3) is 11.1 Å². The summed E-state index contributed by atoms with van der Waals surface area (Å²) < 4.78 is 43.4. The molecule has 2 aromatic rings. The highest BCUT2D eigenvalue weighted by Crippen LogP contribution is 2.34. The number of carboxylic acids is 1. The molecular formula is C22H27F2NO3S. The topological polar surface area (TPSA) is 72.4 Å². The minimum Gasteiger partial charge on any atom is -0.598 e. The largest absolute Gasteiger partial charge is 0.598 e. The molecule has 0 radical (unpaired) electrons. The molecule has 7 heteroatoms. The quantitative estimate of drug-likeness (QED) is 0.632. The second-order valence-corrected chi connectivity index (χ2v) is 10.3. The lowest BCUT2D eigenvalue weighted by Crippen LogP contribution is -2.42. The second-order valence-electron chi connectivity index (χ2n) is 8.26. The number of nitrogens with one attached hydrogen (secondary N) is 1. The zero-order chi connectivity index (χ0) is 22.1. The van der Waals surface area contributed by atoms with Crippen LogP contribution in [-0.4, -0.2) is 20.4 Å². The predicted octanol–water partition coefficient (Wildman–Crippen LogP) is 5.12.